The van der Waals surface area contributed by atoms with Crippen LogP contribution in [0.15, 0.2) is 54.1 Å². The topological polar surface area (TPSA) is 113 Å². The Morgan fingerprint density at radius 1 is 1.03 bits per heavy atom. The molecule has 1 amide bonds. The number of aliphatic hydroxyl groups excluding tert-OH is 1. The van der Waals surface area contributed by atoms with Crippen molar-refractivity contribution >= 4 is 23.1 Å². The van der Waals surface area contributed by atoms with Crippen molar-refractivity contribution in [3.8, 4) is 5.75 Å². The average Bonchev–Trinajstić information content (AvgIpc) is 3.18. The van der Waals surface area contributed by atoms with Crippen molar-refractivity contribution in [3.05, 3.63) is 75.3 Å². The number of carbonyl (C=O) groups excluding carboxylic acids is 2. The number of ketones is 1. The van der Waals surface area contributed by atoms with E-state index in [4.69, 9.17) is 4.74 Å². The van der Waals surface area contributed by atoms with E-state index in [1.165, 1.54) is 30.2 Å². The van der Waals surface area contributed by atoms with Crippen LogP contribution in [0.5, 0.6) is 5.75 Å². The molecule has 2 aromatic carbocycles. The Labute approximate surface area is 223 Å². The summed E-state index contributed by atoms with van der Waals surface area (Å²) in [5.74, 6) is -1.26. The van der Waals surface area contributed by atoms with Gasteiger partial charge in [0.1, 0.15) is 11.5 Å². The van der Waals surface area contributed by atoms with Gasteiger partial charge in [-0.2, -0.15) is 0 Å². The van der Waals surface area contributed by atoms with Crippen LogP contribution in [0.1, 0.15) is 63.1 Å². The first kappa shape index (κ1) is 28.8. The molecule has 1 heterocycles. The zero-order chi connectivity index (χ0) is 27.7. The minimum Gasteiger partial charge on any atom is -0.507 e. The van der Waals surface area contributed by atoms with E-state index >= 15 is 0 Å². The number of non-ortho nitro benzene ring substituents is 1. The monoisotopic (exact) mass is 523 g/mol. The van der Waals surface area contributed by atoms with Gasteiger partial charge in [0.15, 0.2) is 0 Å². The minimum absolute atomic E-state index is 0.0745. The number of nitro groups is 1. The van der Waals surface area contributed by atoms with Crippen molar-refractivity contribution in [2.24, 2.45) is 0 Å². The molecular formula is C29H37N3O6. The molecule has 204 valence electrons. The van der Waals surface area contributed by atoms with Gasteiger partial charge in [-0.3, -0.25) is 19.7 Å². The Morgan fingerprint density at radius 2 is 1.66 bits per heavy atom. The Kier molecular flexibility index (Phi) is 10.4. The van der Waals surface area contributed by atoms with Gasteiger partial charge >= 0.3 is 0 Å². The van der Waals surface area contributed by atoms with Gasteiger partial charge in [-0.05, 0) is 68.7 Å². The van der Waals surface area contributed by atoms with Crippen LogP contribution in [-0.2, 0) is 9.59 Å². The molecule has 0 saturated carbocycles. The number of ether oxygens (including phenoxy) is 1. The minimum atomic E-state index is -0.934. The third-order valence-electron chi connectivity index (χ3n) is 6.83. The number of hydrogen-bond acceptors (Lipinski definition) is 7. The van der Waals surface area contributed by atoms with Gasteiger partial charge in [0, 0.05) is 24.2 Å². The fraction of sp³-hybridized carbons (Fsp3) is 0.448. The Balaban J connectivity index is 1.97. The van der Waals surface area contributed by atoms with E-state index < -0.39 is 22.7 Å². The number of unbranched alkanes of at least 4 members (excludes halogenated alkanes) is 2. The van der Waals surface area contributed by atoms with Crippen LogP contribution in [0.2, 0.25) is 0 Å². The van der Waals surface area contributed by atoms with E-state index in [2.05, 4.69) is 18.7 Å². The second-order valence-electron chi connectivity index (χ2n) is 9.48. The number of benzene rings is 2. The smallest absolute Gasteiger partial charge is 0.295 e. The van der Waals surface area contributed by atoms with Crippen molar-refractivity contribution in [1.29, 1.82) is 0 Å². The second kappa shape index (κ2) is 13.7. The summed E-state index contributed by atoms with van der Waals surface area (Å²) in [6.07, 6.45) is 4.99. The standard InChI is InChI=1S/C29H37N3O6/c1-4-6-16-30(17-7-5-2)18-9-19-31-26(22-10-8-11-23(20-22)32(36)37)25(28(34)29(31)35)27(33)21-12-14-24(38-3)15-13-21/h8,10-15,20,26,33H,4-7,9,16-19H2,1-3H3/b27-25-. The quantitative estimate of drug-likeness (QED) is 0.117. The van der Waals surface area contributed by atoms with Crippen molar-refractivity contribution in [2.45, 2.75) is 52.0 Å². The highest BCUT2D eigenvalue weighted by Gasteiger charge is 2.46. The molecule has 0 aromatic heterocycles. The molecule has 0 radical (unpaired) electrons. The fourth-order valence-corrected chi connectivity index (χ4v) is 4.73. The van der Waals surface area contributed by atoms with Gasteiger partial charge in [-0.25, -0.2) is 0 Å². The van der Waals surface area contributed by atoms with Gasteiger partial charge in [0.05, 0.1) is 23.6 Å². The van der Waals surface area contributed by atoms with Crippen LogP contribution in [0, 0.1) is 10.1 Å². The number of hydrogen-bond donors (Lipinski definition) is 1. The summed E-state index contributed by atoms with van der Waals surface area (Å²) in [4.78, 5) is 41.3. The molecule has 0 bridgehead atoms. The summed E-state index contributed by atoms with van der Waals surface area (Å²) in [5.41, 5.74) is 0.532. The van der Waals surface area contributed by atoms with Gasteiger partial charge in [-0.15, -0.1) is 0 Å². The lowest BCUT2D eigenvalue weighted by Gasteiger charge is -2.27. The van der Waals surface area contributed by atoms with Crippen LogP contribution in [-0.4, -0.2) is 64.8 Å². The van der Waals surface area contributed by atoms with Crippen molar-refractivity contribution in [2.75, 3.05) is 33.3 Å². The molecule has 1 aliphatic rings. The highest BCUT2D eigenvalue weighted by molar-refractivity contribution is 6.46. The fourth-order valence-electron chi connectivity index (χ4n) is 4.73. The molecule has 38 heavy (non-hydrogen) atoms. The molecule has 1 aliphatic heterocycles. The molecule has 1 unspecified atom stereocenters. The van der Waals surface area contributed by atoms with E-state index in [0.29, 0.717) is 23.3 Å². The second-order valence-corrected chi connectivity index (χ2v) is 9.48. The molecule has 1 fully saturated rings. The first-order valence-corrected chi connectivity index (χ1v) is 13.2. The molecule has 9 nitrogen and oxygen atoms in total. The van der Waals surface area contributed by atoms with E-state index in [1.807, 2.05) is 0 Å². The number of amides is 1. The van der Waals surface area contributed by atoms with E-state index in [0.717, 1.165) is 45.3 Å². The van der Waals surface area contributed by atoms with E-state index in [9.17, 15) is 24.8 Å². The molecule has 0 spiro atoms. The summed E-state index contributed by atoms with van der Waals surface area (Å²) in [6.45, 7) is 7.30. The Morgan fingerprint density at radius 3 is 2.24 bits per heavy atom. The maximum Gasteiger partial charge on any atom is 0.295 e. The Bertz CT molecular complexity index is 1150. The van der Waals surface area contributed by atoms with Gasteiger partial charge in [0.25, 0.3) is 17.4 Å². The van der Waals surface area contributed by atoms with Crippen LogP contribution in [0.3, 0.4) is 0 Å². The molecule has 9 heteroatoms. The number of likely N-dealkylation sites (tertiary alicyclic amines) is 1. The highest BCUT2D eigenvalue weighted by atomic mass is 16.6. The van der Waals surface area contributed by atoms with Gasteiger partial charge in [0.2, 0.25) is 0 Å². The van der Waals surface area contributed by atoms with Crippen LogP contribution >= 0.6 is 0 Å². The van der Waals surface area contributed by atoms with Gasteiger partial charge in [-0.1, -0.05) is 38.8 Å². The summed E-state index contributed by atoms with van der Waals surface area (Å²) in [7, 11) is 1.52. The number of nitrogens with zero attached hydrogens (tertiary/aromatic N) is 3. The molecule has 3 rings (SSSR count). The number of methoxy groups -OCH3 is 1. The highest BCUT2D eigenvalue weighted by Crippen LogP contribution is 2.40. The number of nitro benzene ring substituents is 1. The molecule has 2 aromatic rings. The lowest BCUT2D eigenvalue weighted by Crippen LogP contribution is -2.34. The maximum atomic E-state index is 13.3. The number of carbonyl (C=O) groups is 2. The van der Waals surface area contributed by atoms with Crippen LogP contribution in [0.4, 0.5) is 5.69 Å². The zero-order valence-electron chi connectivity index (χ0n) is 22.4. The molecule has 1 N–H and O–H groups in total. The molecule has 1 atom stereocenters. The van der Waals surface area contributed by atoms with Gasteiger partial charge < -0.3 is 19.6 Å². The van der Waals surface area contributed by atoms with E-state index in [-0.39, 0.29) is 23.6 Å². The first-order chi connectivity index (χ1) is 18.3. The van der Waals surface area contributed by atoms with E-state index in [1.54, 1.807) is 30.3 Å². The largest absolute Gasteiger partial charge is 0.507 e. The first-order valence-electron chi connectivity index (χ1n) is 13.2. The molecular weight excluding hydrogens is 486 g/mol. The number of aliphatic hydroxyl groups is 1. The summed E-state index contributed by atoms with van der Waals surface area (Å²) < 4.78 is 5.17. The number of rotatable bonds is 14. The third kappa shape index (κ3) is 6.77. The third-order valence-corrected chi connectivity index (χ3v) is 6.83. The van der Waals surface area contributed by atoms with Crippen molar-refractivity contribution < 1.29 is 24.4 Å². The van der Waals surface area contributed by atoms with Crippen LogP contribution < -0.4 is 4.74 Å². The average molecular weight is 524 g/mol. The summed E-state index contributed by atoms with van der Waals surface area (Å²) in [5, 5.41) is 22.7. The van der Waals surface area contributed by atoms with Crippen molar-refractivity contribution in [1.82, 2.24) is 9.80 Å². The maximum absolute atomic E-state index is 13.3. The van der Waals surface area contributed by atoms with Crippen molar-refractivity contribution in [3.63, 3.8) is 0 Å². The zero-order valence-corrected chi connectivity index (χ0v) is 22.4. The Hall–Kier alpha value is -3.72. The lowest BCUT2D eigenvalue weighted by atomic mass is 9.95. The predicted octanol–water partition coefficient (Wildman–Crippen LogP) is 5.32. The molecule has 0 aliphatic carbocycles. The lowest BCUT2D eigenvalue weighted by molar-refractivity contribution is -0.384. The normalized spacial score (nSPS) is 16.8. The van der Waals surface area contributed by atoms with Crippen LogP contribution in [0.25, 0.3) is 5.76 Å². The number of Topliss-reactive ketones (excluding diaryl/α,β-unsaturated/α-hetero) is 1. The SMILES string of the molecule is CCCCN(CCCC)CCCN1C(=O)C(=O)/C(=C(\O)c2ccc(OC)cc2)C1c1cccc([N+](=O)[O-])c1. The summed E-state index contributed by atoms with van der Waals surface area (Å²) in [6, 6.07) is 11.5. The summed E-state index contributed by atoms with van der Waals surface area (Å²) >= 11 is 0. The molecule has 1 saturated heterocycles. The predicted molar refractivity (Wildman–Crippen MR) is 146 cm³/mol.